The third-order valence-corrected chi connectivity index (χ3v) is 4.60. The number of halogens is 4. The maximum atomic E-state index is 13.6. The number of aryl methyl sites for hydroxylation is 1. The molecule has 0 saturated carbocycles. The predicted molar refractivity (Wildman–Crippen MR) is 98.7 cm³/mol. The molecule has 3 rings (SSSR count). The van der Waals surface area contributed by atoms with Gasteiger partial charge in [-0.15, -0.1) is 0 Å². The van der Waals surface area contributed by atoms with Gasteiger partial charge < -0.3 is 0 Å². The first-order chi connectivity index (χ1) is 12.3. The van der Waals surface area contributed by atoms with Gasteiger partial charge in [-0.3, -0.25) is 9.36 Å². The van der Waals surface area contributed by atoms with Gasteiger partial charge in [0.05, 0.1) is 22.2 Å². The Labute approximate surface area is 156 Å². The average Bonchev–Trinajstić information content (AvgIpc) is 2.60. The summed E-state index contributed by atoms with van der Waals surface area (Å²) < 4.78 is 42.2. The van der Waals surface area contributed by atoms with Crippen molar-refractivity contribution in [3.05, 3.63) is 68.7 Å². The quantitative estimate of drug-likeness (QED) is 0.553. The Morgan fingerprint density at radius 3 is 2.58 bits per heavy atom. The molecule has 1 aromatic heterocycles. The van der Waals surface area contributed by atoms with E-state index in [4.69, 9.17) is 0 Å². The van der Waals surface area contributed by atoms with Crippen molar-refractivity contribution in [1.82, 2.24) is 9.55 Å². The zero-order chi connectivity index (χ0) is 18.9. The van der Waals surface area contributed by atoms with Gasteiger partial charge in [0.1, 0.15) is 5.82 Å². The van der Waals surface area contributed by atoms with Crippen LogP contribution < -0.4 is 5.56 Å². The van der Waals surface area contributed by atoms with Crippen LogP contribution in [0.25, 0.3) is 16.6 Å². The Hall–Kier alpha value is -2.15. The Kier molecular flexibility index (Phi) is 5.18. The third kappa shape index (κ3) is 3.53. The molecule has 0 atom stereocenters. The smallest absolute Gasteiger partial charge is 0.268 e. The van der Waals surface area contributed by atoms with Crippen molar-refractivity contribution in [3.63, 3.8) is 0 Å². The topological polar surface area (TPSA) is 34.9 Å². The molecule has 0 unspecified atom stereocenters. The lowest BCUT2D eigenvalue weighted by Crippen LogP contribution is -2.26. The van der Waals surface area contributed by atoms with E-state index in [0.717, 1.165) is 23.5 Å². The molecule has 0 spiro atoms. The molecule has 3 nitrogen and oxygen atoms in total. The lowest BCUT2D eigenvalue weighted by molar-refractivity contribution is -0.137. The van der Waals surface area contributed by atoms with Crippen LogP contribution in [0.1, 0.15) is 31.2 Å². The van der Waals surface area contributed by atoms with E-state index in [1.165, 1.54) is 12.1 Å². The van der Waals surface area contributed by atoms with Crippen molar-refractivity contribution in [2.45, 2.75) is 32.4 Å². The van der Waals surface area contributed by atoms with Gasteiger partial charge in [-0.05, 0) is 36.8 Å². The number of fused-ring (bicyclic) bond motifs is 1. The average molecular weight is 425 g/mol. The summed E-state index contributed by atoms with van der Waals surface area (Å²) in [6.45, 7) is 1.98. The highest BCUT2D eigenvalue weighted by molar-refractivity contribution is 9.10. The Bertz CT molecular complexity index is 1010. The van der Waals surface area contributed by atoms with Crippen molar-refractivity contribution >= 4 is 26.8 Å². The first-order valence-corrected chi connectivity index (χ1v) is 9.00. The molecule has 0 amide bonds. The van der Waals surface area contributed by atoms with Crippen molar-refractivity contribution < 1.29 is 13.2 Å². The molecule has 0 aliphatic carbocycles. The van der Waals surface area contributed by atoms with E-state index >= 15 is 0 Å². The number of para-hydroxylation sites is 1. The molecule has 0 bridgehead atoms. The zero-order valence-electron chi connectivity index (χ0n) is 14.0. The highest BCUT2D eigenvalue weighted by atomic mass is 79.9. The zero-order valence-corrected chi connectivity index (χ0v) is 15.6. The van der Waals surface area contributed by atoms with E-state index in [1.807, 2.05) is 6.92 Å². The van der Waals surface area contributed by atoms with Gasteiger partial charge in [0.2, 0.25) is 0 Å². The fourth-order valence-corrected chi connectivity index (χ4v) is 3.22. The minimum atomic E-state index is -4.59. The molecule has 7 heteroatoms. The summed E-state index contributed by atoms with van der Waals surface area (Å²) in [6, 6.07) is 10.5. The largest absolute Gasteiger partial charge is 0.418 e. The lowest BCUT2D eigenvalue weighted by Gasteiger charge is -2.18. The maximum Gasteiger partial charge on any atom is 0.418 e. The minimum absolute atomic E-state index is 0.199. The van der Waals surface area contributed by atoms with E-state index in [0.29, 0.717) is 27.6 Å². The molecule has 26 heavy (non-hydrogen) atoms. The molecule has 2 aromatic carbocycles. The van der Waals surface area contributed by atoms with E-state index < -0.39 is 17.3 Å². The minimum Gasteiger partial charge on any atom is -0.268 e. The van der Waals surface area contributed by atoms with Gasteiger partial charge >= 0.3 is 6.18 Å². The van der Waals surface area contributed by atoms with Crippen molar-refractivity contribution in [1.29, 1.82) is 0 Å². The number of benzene rings is 2. The highest BCUT2D eigenvalue weighted by Crippen LogP contribution is 2.35. The van der Waals surface area contributed by atoms with Crippen molar-refractivity contribution in [2.75, 3.05) is 0 Å². The molecular weight excluding hydrogens is 409 g/mol. The van der Waals surface area contributed by atoms with Crippen LogP contribution in [0.3, 0.4) is 0 Å². The number of alkyl halides is 3. The van der Waals surface area contributed by atoms with Crippen LogP contribution in [0, 0.1) is 0 Å². The Morgan fingerprint density at radius 1 is 1.15 bits per heavy atom. The first-order valence-electron chi connectivity index (χ1n) is 8.20. The normalized spacial score (nSPS) is 11.9. The van der Waals surface area contributed by atoms with E-state index in [2.05, 4.69) is 20.9 Å². The molecule has 1 heterocycles. The predicted octanol–water partition coefficient (Wildman–Crippen LogP) is 5.51. The van der Waals surface area contributed by atoms with Crippen molar-refractivity contribution in [3.8, 4) is 5.69 Å². The standard InChI is InChI=1S/C19H16BrF3N2O/c1-2-3-8-17-24-15-7-5-4-6-13(15)18(26)25(17)16-10-9-12(20)11-14(16)19(21,22)23/h4-7,9-11H,2-3,8H2,1H3. The Balaban J connectivity index is 2.37. The summed E-state index contributed by atoms with van der Waals surface area (Å²) in [6.07, 6.45) is -2.60. The van der Waals surface area contributed by atoms with Gasteiger partial charge in [-0.1, -0.05) is 41.4 Å². The second-order valence-electron chi connectivity index (χ2n) is 5.95. The number of hydrogen-bond acceptors (Lipinski definition) is 2. The molecule has 0 saturated heterocycles. The van der Waals surface area contributed by atoms with E-state index in [1.54, 1.807) is 24.3 Å². The van der Waals surface area contributed by atoms with E-state index in [9.17, 15) is 18.0 Å². The maximum absolute atomic E-state index is 13.6. The number of aromatic nitrogens is 2. The number of rotatable bonds is 4. The number of hydrogen-bond donors (Lipinski definition) is 0. The van der Waals surface area contributed by atoms with Gasteiger partial charge in [0, 0.05) is 10.9 Å². The van der Waals surface area contributed by atoms with Gasteiger partial charge in [0.15, 0.2) is 0 Å². The van der Waals surface area contributed by atoms with Gasteiger partial charge in [-0.25, -0.2) is 4.98 Å². The molecule has 0 N–H and O–H groups in total. The van der Waals surface area contributed by atoms with Crippen molar-refractivity contribution in [2.24, 2.45) is 0 Å². The first kappa shape index (κ1) is 18.6. The molecule has 3 aromatic rings. The van der Waals surface area contributed by atoms with Gasteiger partial charge in [0.25, 0.3) is 5.56 Å². The molecule has 0 radical (unpaired) electrons. The van der Waals surface area contributed by atoms with Gasteiger partial charge in [-0.2, -0.15) is 13.2 Å². The summed E-state index contributed by atoms with van der Waals surface area (Å²) in [4.78, 5) is 17.5. The number of unbranched alkanes of at least 4 members (excludes halogenated alkanes) is 1. The molecule has 136 valence electrons. The summed E-state index contributed by atoms with van der Waals surface area (Å²) in [5.41, 5.74) is -1.07. The third-order valence-electron chi connectivity index (χ3n) is 4.10. The molecule has 0 fully saturated rings. The monoisotopic (exact) mass is 424 g/mol. The fraction of sp³-hybridized carbons (Fsp3) is 0.263. The molecule has 0 aliphatic rings. The highest BCUT2D eigenvalue weighted by Gasteiger charge is 2.35. The summed E-state index contributed by atoms with van der Waals surface area (Å²) >= 11 is 3.08. The SMILES string of the molecule is CCCCc1nc2ccccc2c(=O)n1-c1ccc(Br)cc1C(F)(F)F. The summed E-state index contributed by atoms with van der Waals surface area (Å²) in [5, 5.41) is 0.295. The van der Waals surface area contributed by atoms with Crippen LogP contribution in [0.4, 0.5) is 13.2 Å². The summed E-state index contributed by atoms with van der Waals surface area (Å²) in [5.74, 6) is 0.336. The fourth-order valence-electron chi connectivity index (χ4n) is 2.86. The number of nitrogens with zero attached hydrogens (tertiary/aromatic N) is 2. The van der Waals surface area contributed by atoms with Crippen LogP contribution >= 0.6 is 15.9 Å². The molecular formula is C19H16BrF3N2O. The van der Waals surface area contributed by atoms with Crippen LogP contribution in [-0.2, 0) is 12.6 Å². The van der Waals surface area contributed by atoms with Crippen LogP contribution in [-0.4, -0.2) is 9.55 Å². The Morgan fingerprint density at radius 2 is 1.88 bits per heavy atom. The second kappa shape index (κ2) is 7.23. The molecule has 0 aliphatic heterocycles. The van der Waals surface area contributed by atoms with Crippen LogP contribution in [0.15, 0.2) is 51.7 Å². The van der Waals surface area contributed by atoms with Crippen LogP contribution in [0.2, 0.25) is 0 Å². The second-order valence-corrected chi connectivity index (χ2v) is 6.86. The lowest BCUT2D eigenvalue weighted by atomic mass is 10.1. The van der Waals surface area contributed by atoms with Crippen LogP contribution in [0.5, 0.6) is 0 Å². The van der Waals surface area contributed by atoms with E-state index in [-0.39, 0.29) is 5.69 Å². The summed E-state index contributed by atoms with van der Waals surface area (Å²) in [7, 11) is 0.